The molecule has 0 atom stereocenters. The molecule has 4 aromatic rings. The van der Waals surface area contributed by atoms with Crippen LogP contribution >= 0.6 is 11.3 Å². The minimum Gasteiger partial charge on any atom is -0.494 e. The summed E-state index contributed by atoms with van der Waals surface area (Å²) in [5.41, 5.74) is 4.19. The molecular formula is C24H23N3O2S. The largest absolute Gasteiger partial charge is 0.494 e. The third-order valence-corrected chi connectivity index (χ3v) is 5.81. The fourth-order valence-electron chi connectivity index (χ4n) is 3.33. The molecule has 1 aromatic heterocycles. The second-order valence-electron chi connectivity index (χ2n) is 6.85. The van der Waals surface area contributed by atoms with Gasteiger partial charge in [0.15, 0.2) is 5.13 Å². The van der Waals surface area contributed by atoms with Gasteiger partial charge in [-0.2, -0.15) is 0 Å². The molecule has 4 rings (SSSR count). The summed E-state index contributed by atoms with van der Waals surface area (Å²) in [4.78, 5) is 16.9. The number of nitrogens with one attached hydrogen (secondary N) is 2. The first-order valence-electron chi connectivity index (χ1n) is 9.86. The van der Waals surface area contributed by atoms with Gasteiger partial charge in [-0.3, -0.25) is 5.32 Å². The zero-order valence-corrected chi connectivity index (χ0v) is 17.5. The average molecular weight is 418 g/mol. The van der Waals surface area contributed by atoms with Crippen molar-refractivity contribution < 1.29 is 9.53 Å². The van der Waals surface area contributed by atoms with Crippen molar-refractivity contribution in [1.29, 1.82) is 0 Å². The van der Waals surface area contributed by atoms with Crippen molar-refractivity contribution in [2.45, 2.75) is 12.8 Å². The molecule has 2 amide bonds. The van der Waals surface area contributed by atoms with E-state index in [2.05, 4.69) is 39.9 Å². The topological polar surface area (TPSA) is 63.2 Å². The minimum absolute atomic E-state index is 0.248. The van der Waals surface area contributed by atoms with Gasteiger partial charge in [-0.05, 0) is 36.1 Å². The van der Waals surface area contributed by atoms with Crippen LogP contribution in [0.15, 0.2) is 72.8 Å². The maximum atomic E-state index is 12.3. The first kappa shape index (κ1) is 19.9. The molecule has 0 bridgehead atoms. The van der Waals surface area contributed by atoms with Gasteiger partial charge >= 0.3 is 6.03 Å². The van der Waals surface area contributed by atoms with Crippen LogP contribution in [0.5, 0.6) is 5.75 Å². The number of benzene rings is 3. The van der Waals surface area contributed by atoms with Gasteiger partial charge in [-0.1, -0.05) is 72.0 Å². The van der Waals surface area contributed by atoms with Gasteiger partial charge in [-0.15, -0.1) is 0 Å². The fraction of sp³-hybridized carbons (Fsp3) is 0.167. The van der Waals surface area contributed by atoms with Crippen molar-refractivity contribution in [2.75, 3.05) is 19.0 Å². The molecule has 0 saturated heterocycles. The number of aromatic nitrogens is 1. The van der Waals surface area contributed by atoms with Gasteiger partial charge in [0, 0.05) is 12.1 Å². The van der Waals surface area contributed by atoms with E-state index in [1.165, 1.54) is 16.9 Å². The first-order valence-corrected chi connectivity index (χ1v) is 10.7. The number of thiazole rings is 1. The van der Waals surface area contributed by atoms with Gasteiger partial charge in [0.25, 0.3) is 0 Å². The maximum absolute atomic E-state index is 12.3. The number of hydrogen-bond acceptors (Lipinski definition) is 4. The van der Waals surface area contributed by atoms with Gasteiger partial charge in [0.2, 0.25) is 0 Å². The van der Waals surface area contributed by atoms with Crippen LogP contribution in [-0.2, 0) is 6.42 Å². The van der Waals surface area contributed by atoms with Crippen molar-refractivity contribution in [3.8, 4) is 16.9 Å². The number of anilines is 1. The molecule has 30 heavy (non-hydrogen) atoms. The Bertz CT molecular complexity index is 1130. The maximum Gasteiger partial charge on any atom is 0.321 e. The van der Waals surface area contributed by atoms with Crippen molar-refractivity contribution >= 4 is 32.7 Å². The summed E-state index contributed by atoms with van der Waals surface area (Å²) in [6.45, 7) is 0.601. The van der Waals surface area contributed by atoms with E-state index in [0.717, 1.165) is 34.2 Å². The van der Waals surface area contributed by atoms with Crippen molar-refractivity contribution in [2.24, 2.45) is 0 Å². The highest BCUT2D eigenvalue weighted by Gasteiger charge is 2.15. The average Bonchev–Trinajstić information content (AvgIpc) is 3.21. The van der Waals surface area contributed by atoms with Crippen LogP contribution in [0.1, 0.15) is 12.0 Å². The highest BCUT2D eigenvalue weighted by atomic mass is 32.1. The number of rotatable bonds is 7. The van der Waals surface area contributed by atoms with Gasteiger partial charge in [0.05, 0.1) is 11.8 Å². The van der Waals surface area contributed by atoms with E-state index in [9.17, 15) is 4.79 Å². The minimum atomic E-state index is -0.248. The summed E-state index contributed by atoms with van der Waals surface area (Å²) in [6.07, 6.45) is 1.81. The number of urea groups is 1. The summed E-state index contributed by atoms with van der Waals surface area (Å²) in [6, 6.07) is 24.1. The van der Waals surface area contributed by atoms with Gasteiger partial charge < -0.3 is 10.1 Å². The molecule has 0 aliphatic rings. The SMILES string of the molecule is COc1ccc(-c2ccccc2)c2sc(NC(=O)NCCCc3ccccc3)nc12. The predicted molar refractivity (Wildman–Crippen MR) is 123 cm³/mol. The van der Waals surface area contributed by atoms with Crippen molar-refractivity contribution in [3.63, 3.8) is 0 Å². The highest BCUT2D eigenvalue weighted by molar-refractivity contribution is 7.23. The molecule has 0 spiro atoms. The Balaban J connectivity index is 1.44. The second kappa shape index (κ2) is 9.41. The summed E-state index contributed by atoms with van der Waals surface area (Å²) in [5.74, 6) is 0.692. The van der Waals surface area contributed by atoms with Crippen LogP contribution in [0.4, 0.5) is 9.93 Å². The quantitative estimate of drug-likeness (QED) is 0.378. The van der Waals surface area contributed by atoms with Crippen LogP contribution < -0.4 is 15.4 Å². The number of carbonyl (C=O) groups is 1. The number of methoxy groups -OCH3 is 1. The zero-order chi connectivity index (χ0) is 20.8. The van der Waals surface area contributed by atoms with E-state index in [-0.39, 0.29) is 6.03 Å². The lowest BCUT2D eigenvalue weighted by atomic mass is 10.1. The third-order valence-electron chi connectivity index (χ3n) is 4.80. The van der Waals surface area contributed by atoms with E-state index in [4.69, 9.17) is 4.74 Å². The number of aryl methyl sites for hydroxylation is 1. The molecule has 3 aromatic carbocycles. The Morgan fingerprint density at radius 2 is 1.73 bits per heavy atom. The zero-order valence-electron chi connectivity index (χ0n) is 16.7. The molecule has 0 saturated carbocycles. The molecule has 1 heterocycles. The molecule has 0 radical (unpaired) electrons. The van der Waals surface area contributed by atoms with E-state index in [1.54, 1.807) is 7.11 Å². The second-order valence-corrected chi connectivity index (χ2v) is 7.85. The Labute approximate surface area is 179 Å². The standard InChI is InChI=1S/C24H23N3O2S/c1-29-20-15-14-19(18-12-6-3-7-13-18)22-21(20)26-24(30-22)27-23(28)25-16-8-11-17-9-4-2-5-10-17/h2-7,9-10,12-15H,8,11,16H2,1H3,(H2,25,26,27,28). The molecule has 0 unspecified atom stereocenters. The Kier molecular flexibility index (Phi) is 6.25. The lowest BCUT2D eigenvalue weighted by Gasteiger charge is -2.05. The molecule has 5 nitrogen and oxygen atoms in total. The third kappa shape index (κ3) is 4.60. The molecule has 0 fully saturated rings. The lowest BCUT2D eigenvalue weighted by Crippen LogP contribution is -2.29. The number of hydrogen-bond donors (Lipinski definition) is 2. The number of fused-ring (bicyclic) bond motifs is 1. The van der Waals surface area contributed by atoms with E-state index >= 15 is 0 Å². The van der Waals surface area contributed by atoms with Gasteiger partial charge in [0.1, 0.15) is 11.3 Å². The van der Waals surface area contributed by atoms with Gasteiger partial charge in [-0.25, -0.2) is 9.78 Å². The van der Waals surface area contributed by atoms with Crippen molar-refractivity contribution in [1.82, 2.24) is 10.3 Å². The summed E-state index contributed by atoms with van der Waals surface area (Å²) < 4.78 is 6.46. The molecule has 2 N–H and O–H groups in total. The van der Waals surface area contributed by atoms with Crippen LogP contribution in [-0.4, -0.2) is 24.7 Å². The number of ether oxygens (including phenoxy) is 1. The number of amides is 2. The summed E-state index contributed by atoms with van der Waals surface area (Å²) >= 11 is 1.45. The molecule has 6 heteroatoms. The smallest absolute Gasteiger partial charge is 0.321 e. The highest BCUT2D eigenvalue weighted by Crippen LogP contribution is 2.39. The Morgan fingerprint density at radius 3 is 2.47 bits per heavy atom. The predicted octanol–water partition coefficient (Wildman–Crippen LogP) is 5.73. The molecule has 152 valence electrons. The van der Waals surface area contributed by atoms with E-state index in [0.29, 0.717) is 17.4 Å². The molecule has 0 aliphatic carbocycles. The Hall–Kier alpha value is -3.38. The monoisotopic (exact) mass is 417 g/mol. The summed E-state index contributed by atoms with van der Waals surface area (Å²) in [5, 5.41) is 6.32. The Morgan fingerprint density at radius 1 is 1.00 bits per heavy atom. The van der Waals surface area contributed by atoms with Crippen molar-refractivity contribution in [3.05, 3.63) is 78.4 Å². The molecule has 0 aliphatic heterocycles. The lowest BCUT2D eigenvalue weighted by molar-refractivity contribution is 0.252. The normalized spacial score (nSPS) is 10.7. The van der Waals surface area contributed by atoms with Crippen LogP contribution in [0.2, 0.25) is 0 Å². The summed E-state index contributed by atoms with van der Waals surface area (Å²) in [7, 11) is 1.63. The van der Waals surface area contributed by atoms with Crippen LogP contribution in [0.25, 0.3) is 21.3 Å². The van der Waals surface area contributed by atoms with E-state index in [1.807, 2.05) is 48.5 Å². The first-order chi connectivity index (χ1) is 14.7. The fourth-order valence-corrected chi connectivity index (χ4v) is 4.34. The van der Waals surface area contributed by atoms with E-state index < -0.39 is 0 Å². The number of carbonyl (C=O) groups excluding carboxylic acids is 1. The van der Waals surface area contributed by atoms with Crippen LogP contribution in [0, 0.1) is 0 Å². The number of nitrogens with zero attached hydrogens (tertiary/aromatic N) is 1. The molecular weight excluding hydrogens is 394 g/mol. The van der Waals surface area contributed by atoms with Crippen LogP contribution in [0.3, 0.4) is 0 Å².